The minimum Gasteiger partial charge on any atom is -0.322 e. The maximum absolute atomic E-state index is 14.1. The highest BCUT2D eigenvalue weighted by Crippen LogP contribution is 2.14. The summed E-state index contributed by atoms with van der Waals surface area (Å²) >= 11 is 0. The van der Waals surface area contributed by atoms with Gasteiger partial charge in [-0.3, -0.25) is 13.9 Å². The van der Waals surface area contributed by atoms with Crippen LogP contribution >= 0.6 is 0 Å². The van der Waals surface area contributed by atoms with Gasteiger partial charge >= 0.3 is 5.69 Å². The highest BCUT2D eigenvalue weighted by Gasteiger charge is 2.18. The lowest BCUT2D eigenvalue weighted by Crippen LogP contribution is -2.51. The van der Waals surface area contributed by atoms with Gasteiger partial charge in [-0.1, -0.05) is 36.4 Å². The number of halogens is 2. The summed E-state index contributed by atoms with van der Waals surface area (Å²) in [5.41, 5.74) is 6.30. The van der Waals surface area contributed by atoms with Crippen molar-refractivity contribution in [1.82, 2.24) is 9.13 Å². The van der Waals surface area contributed by atoms with Gasteiger partial charge in [0, 0.05) is 17.3 Å². The maximum atomic E-state index is 14.1. The van der Waals surface area contributed by atoms with E-state index in [4.69, 9.17) is 5.73 Å². The third-order valence-electron chi connectivity index (χ3n) is 4.96. The van der Waals surface area contributed by atoms with Gasteiger partial charge in [-0.15, -0.1) is 0 Å². The quantitative estimate of drug-likeness (QED) is 0.657. The Morgan fingerprint density at radius 3 is 2.21 bits per heavy atom. The molecule has 1 heterocycles. The second-order valence-electron chi connectivity index (χ2n) is 6.71. The number of hydrogen-bond acceptors (Lipinski definition) is 3. The van der Waals surface area contributed by atoms with Crippen LogP contribution in [-0.2, 0) is 13.1 Å². The third kappa shape index (κ3) is 3.68. The Balaban J connectivity index is 2.08. The molecule has 0 aliphatic carbocycles. The van der Waals surface area contributed by atoms with E-state index >= 15 is 0 Å². The maximum Gasteiger partial charge on any atom is 0.331 e. The molecule has 0 unspecified atom stereocenters. The van der Waals surface area contributed by atoms with Gasteiger partial charge in [0.25, 0.3) is 0 Å². The van der Waals surface area contributed by atoms with Crippen LogP contribution in [-0.4, -0.2) is 17.0 Å². The minimum absolute atomic E-state index is 0.0391. The Morgan fingerprint density at radius 2 is 1.61 bits per heavy atom. The number of benzene rings is 2. The van der Waals surface area contributed by atoms with Gasteiger partial charge in [-0.05, 0) is 30.1 Å². The molecule has 3 aromatic rings. The summed E-state index contributed by atoms with van der Waals surface area (Å²) in [4.78, 5) is 25.6. The van der Waals surface area contributed by atoms with E-state index in [1.54, 1.807) is 14.8 Å². The second-order valence-corrected chi connectivity index (χ2v) is 6.71. The number of nitrogens with zero attached hydrogens (tertiary/aromatic N) is 2. The van der Waals surface area contributed by atoms with Gasteiger partial charge in [0.05, 0.1) is 13.1 Å². The molecule has 2 N–H and O–H groups in total. The highest BCUT2D eigenvalue weighted by molar-refractivity contribution is 6.32. The zero-order chi connectivity index (χ0) is 20.4. The van der Waals surface area contributed by atoms with E-state index in [2.05, 4.69) is 0 Å². The molecule has 5 nitrogen and oxygen atoms in total. The molecule has 0 aliphatic heterocycles. The van der Waals surface area contributed by atoms with E-state index in [0.717, 1.165) is 22.3 Å². The van der Waals surface area contributed by atoms with Crippen molar-refractivity contribution in [3.05, 3.63) is 97.8 Å². The molecule has 0 saturated heterocycles. The van der Waals surface area contributed by atoms with Gasteiger partial charge in [-0.2, -0.15) is 0 Å². The lowest BCUT2D eigenvalue weighted by atomic mass is 9.95. The smallest absolute Gasteiger partial charge is 0.322 e. The van der Waals surface area contributed by atoms with E-state index in [9.17, 15) is 18.4 Å². The molecule has 0 saturated carbocycles. The number of nitrogens with two attached hydrogens (primary N) is 1. The van der Waals surface area contributed by atoms with Gasteiger partial charge in [0.2, 0.25) is 5.56 Å². The summed E-state index contributed by atoms with van der Waals surface area (Å²) in [5, 5.41) is 0. The van der Waals surface area contributed by atoms with Gasteiger partial charge < -0.3 is 5.73 Å². The van der Waals surface area contributed by atoms with Crippen molar-refractivity contribution in [3.8, 4) is 0 Å². The van der Waals surface area contributed by atoms with Crippen LogP contribution in [0.2, 0.25) is 0 Å². The zero-order valence-electron chi connectivity index (χ0n) is 15.7. The summed E-state index contributed by atoms with van der Waals surface area (Å²) < 4.78 is 30.4. The molecule has 2 aromatic carbocycles. The van der Waals surface area contributed by atoms with Crippen molar-refractivity contribution in [2.75, 3.05) is 0 Å². The van der Waals surface area contributed by atoms with Crippen LogP contribution in [0.25, 0.3) is 0 Å². The SMILES string of the molecule is Bc1c(C)n(Cc2c(F)cccc2F)c(=O)n(C[C@H](N)c2ccccc2)c1=O. The predicted octanol–water partition coefficient (Wildman–Crippen LogP) is 0.603. The zero-order valence-corrected chi connectivity index (χ0v) is 15.7. The molecule has 0 radical (unpaired) electrons. The molecule has 8 heteroatoms. The van der Waals surface area contributed by atoms with Crippen molar-refractivity contribution in [2.45, 2.75) is 26.1 Å². The first-order chi connectivity index (χ1) is 13.3. The average molecular weight is 383 g/mol. The van der Waals surface area contributed by atoms with Crippen molar-refractivity contribution in [1.29, 1.82) is 0 Å². The minimum atomic E-state index is -0.748. The first-order valence-electron chi connectivity index (χ1n) is 8.85. The topological polar surface area (TPSA) is 70.0 Å². The summed E-state index contributed by atoms with van der Waals surface area (Å²) in [7, 11) is 1.58. The lowest BCUT2D eigenvalue weighted by molar-refractivity contribution is 0.495. The first-order valence-corrected chi connectivity index (χ1v) is 8.85. The van der Waals surface area contributed by atoms with Gasteiger partial charge in [-0.25, -0.2) is 13.6 Å². The first kappa shape index (κ1) is 19.8. The molecule has 0 bridgehead atoms. The fourth-order valence-corrected chi connectivity index (χ4v) is 3.13. The van der Waals surface area contributed by atoms with E-state index in [0.29, 0.717) is 11.2 Å². The fourth-order valence-electron chi connectivity index (χ4n) is 3.13. The Kier molecular flexibility index (Phi) is 5.60. The molecule has 3 rings (SSSR count). The summed E-state index contributed by atoms with van der Waals surface area (Å²) in [6, 6.07) is 12.0. The van der Waals surface area contributed by atoms with Gasteiger partial charge in [0.1, 0.15) is 19.5 Å². The highest BCUT2D eigenvalue weighted by atomic mass is 19.1. The molecule has 1 aromatic heterocycles. The van der Waals surface area contributed by atoms with E-state index in [1.807, 2.05) is 30.3 Å². The Labute approximate surface area is 161 Å². The largest absolute Gasteiger partial charge is 0.331 e. The summed E-state index contributed by atoms with van der Waals surface area (Å²) in [5.74, 6) is -1.50. The molecular formula is C20H20BF2N3O2. The fraction of sp³-hybridized carbons (Fsp3) is 0.200. The van der Waals surface area contributed by atoms with Gasteiger partial charge in [0.15, 0.2) is 0 Å². The van der Waals surface area contributed by atoms with E-state index in [1.165, 1.54) is 10.6 Å². The summed E-state index contributed by atoms with van der Waals surface area (Å²) in [6.07, 6.45) is 0. The van der Waals surface area contributed by atoms with Crippen LogP contribution in [0.4, 0.5) is 8.78 Å². The molecular weight excluding hydrogens is 363 g/mol. The molecule has 28 heavy (non-hydrogen) atoms. The molecule has 0 fully saturated rings. The standard InChI is InChI=1S/C20H20BF2N3O2/c1-12-18(21)19(27)26(11-17(24)13-6-3-2-4-7-13)20(28)25(12)10-14-15(22)8-5-9-16(14)23/h2-9,17H,10-11,21,24H2,1H3/t17-/m0/s1. The molecule has 1 atom stereocenters. The van der Waals surface area contributed by atoms with Crippen LogP contribution in [0.1, 0.15) is 22.9 Å². The third-order valence-corrected chi connectivity index (χ3v) is 4.96. The molecule has 144 valence electrons. The number of rotatable bonds is 5. The number of hydrogen-bond donors (Lipinski definition) is 1. The van der Waals surface area contributed by atoms with Crippen LogP contribution in [0.5, 0.6) is 0 Å². The Bertz CT molecular complexity index is 1110. The normalized spacial score (nSPS) is 12.1. The van der Waals surface area contributed by atoms with Crippen LogP contribution in [0.3, 0.4) is 0 Å². The molecule has 0 spiro atoms. The Hall–Kier alpha value is -3.00. The van der Waals surface area contributed by atoms with Crippen LogP contribution in [0.15, 0.2) is 58.1 Å². The summed E-state index contributed by atoms with van der Waals surface area (Å²) in [6.45, 7) is 1.23. The van der Waals surface area contributed by atoms with Crippen molar-refractivity contribution < 1.29 is 8.78 Å². The van der Waals surface area contributed by atoms with Crippen molar-refractivity contribution in [2.24, 2.45) is 5.73 Å². The van der Waals surface area contributed by atoms with Crippen molar-refractivity contribution in [3.63, 3.8) is 0 Å². The molecule has 0 aliphatic rings. The van der Waals surface area contributed by atoms with E-state index < -0.39 is 28.9 Å². The predicted molar refractivity (Wildman–Crippen MR) is 107 cm³/mol. The van der Waals surface area contributed by atoms with Crippen LogP contribution in [0, 0.1) is 18.6 Å². The van der Waals surface area contributed by atoms with E-state index in [-0.39, 0.29) is 18.7 Å². The lowest BCUT2D eigenvalue weighted by Gasteiger charge is -2.19. The number of aromatic nitrogens is 2. The Morgan fingerprint density at radius 1 is 1.00 bits per heavy atom. The second kappa shape index (κ2) is 7.94. The monoisotopic (exact) mass is 383 g/mol. The average Bonchev–Trinajstić information content (AvgIpc) is 2.69. The van der Waals surface area contributed by atoms with Crippen molar-refractivity contribution >= 4 is 13.3 Å². The molecule has 0 amide bonds. The van der Waals surface area contributed by atoms with Crippen LogP contribution < -0.4 is 22.4 Å².